The van der Waals surface area contributed by atoms with Crippen molar-refractivity contribution >= 4 is 23.7 Å². The first-order valence-electron chi connectivity index (χ1n) is 9.59. The maximum atomic E-state index is 12.4. The zero-order chi connectivity index (χ0) is 21.7. The zero-order valence-corrected chi connectivity index (χ0v) is 17.6. The predicted octanol–water partition coefficient (Wildman–Crippen LogP) is 3.77. The second-order valence-corrected chi connectivity index (χ2v) is 6.94. The molecule has 3 aromatic rings. The third-order valence-electron chi connectivity index (χ3n) is 4.90. The van der Waals surface area contributed by atoms with Crippen molar-refractivity contribution in [3.63, 3.8) is 0 Å². The molecule has 0 heterocycles. The van der Waals surface area contributed by atoms with Crippen molar-refractivity contribution < 1.29 is 19.1 Å². The van der Waals surface area contributed by atoms with E-state index in [0.29, 0.717) is 11.1 Å². The van der Waals surface area contributed by atoms with Crippen molar-refractivity contribution in [3.05, 3.63) is 93.4 Å². The van der Waals surface area contributed by atoms with Crippen LogP contribution in [-0.4, -0.2) is 25.8 Å². The molecule has 0 N–H and O–H groups in total. The lowest BCUT2D eigenvalue weighted by molar-refractivity contribution is 0.1000. The van der Waals surface area contributed by atoms with E-state index >= 15 is 0 Å². The van der Waals surface area contributed by atoms with Gasteiger partial charge in [0, 0.05) is 11.1 Å². The first kappa shape index (κ1) is 21.1. The van der Waals surface area contributed by atoms with Crippen LogP contribution in [0.15, 0.2) is 60.7 Å². The number of carbonyl (C=O) groups is 2. The lowest BCUT2D eigenvalue weighted by atomic mass is 9.97. The zero-order valence-electron chi connectivity index (χ0n) is 17.6. The van der Waals surface area contributed by atoms with Crippen LogP contribution in [0.2, 0.25) is 0 Å². The van der Waals surface area contributed by atoms with Gasteiger partial charge >= 0.3 is 0 Å². The molecule has 0 radical (unpaired) electrons. The van der Waals surface area contributed by atoms with Crippen molar-refractivity contribution in [2.75, 3.05) is 14.2 Å². The molecule has 30 heavy (non-hydrogen) atoms. The van der Waals surface area contributed by atoms with Crippen LogP contribution in [0.25, 0.3) is 12.2 Å². The topological polar surface area (TPSA) is 52.6 Å². The van der Waals surface area contributed by atoms with Crippen molar-refractivity contribution in [3.8, 4) is 11.5 Å². The van der Waals surface area contributed by atoms with E-state index in [2.05, 4.69) is 0 Å². The van der Waals surface area contributed by atoms with E-state index in [-0.39, 0.29) is 11.6 Å². The third kappa shape index (κ3) is 4.66. The van der Waals surface area contributed by atoms with Crippen LogP contribution in [-0.2, 0) is 0 Å². The smallest absolute Gasteiger partial charge is 0.160 e. The summed E-state index contributed by atoms with van der Waals surface area (Å²) in [6, 6.07) is 18.6. The molecule has 0 fully saturated rings. The molecule has 4 heteroatoms. The number of hydrogen-bond donors (Lipinski definition) is 0. The Bertz CT molecular complexity index is 1090. The second-order valence-electron chi connectivity index (χ2n) is 6.94. The van der Waals surface area contributed by atoms with Gasteiger partial charge in [0.15, 0.2) is 11.6 Å². The molecule has 0 amide bonds. The normalized spacial score (nSPS) is 12.0. The Labute approximate surface area is 176 Å². The molecule has 0 atom stereocenters. The van der Waals surface area contributed by atoms with E-state index in [4.69, 9.17) is 9.47 Å². The molecule has 152 valence electrons. The lowest BCUT2D eigenvalue weighted by Crippen LogP contribution is -2.35. The Morgan fingerprint density at radius 1 is 0.600 bits per heavy atom. The van der Waals surface area contributed by atoms with E-state index in [1.165, 1.54) is 13.8 Å². The van der Waals surface area contributed by atoms with Gasteiger partial charge in [-0.1, -0.05) is 36.4 Å². The highest BCUT2D eigenvalue weighted by Gasteiger charge is 2.10. The lowest BCUT2D eigenvalue weighted by Gasteiger charge is -2.07. The monoisotopic (exact) mass is 400 g/mol. The third-order valence-corrected chi connectivity index (χ3v) is 4.90. The fraction of sp³-hybridized carbons (Fsp3) is 0.154. The highest BCUT2D eigenvalue weighted by molar-refractivity contribution is 5.99. The minimum atomic E-state index is -0.0609. The number of methoxy groups -OCH3 is 2. The summed E-state index contributed by atoms with van der Waals surface area (Å²) in [4.78, 5) is 24.7. The second kappa shape index (κ2) is 9.23. The molecule has 4 nitrogen and oxygen atoms in total. The molecule has 0 unspecified atom stereocenters. The number of Topliss-reactive ketones (excluding diaryl/α,β-unsaturated/α-hetero) is 2. The van der Waals surface area contributed by atoms with E-state index in [0.717, 1.165) is 33.1 Å². The summed E-state index contributed by atoms with van der Waals surface area (Å²) in [5.74, 6) is 1.38. The molecule has 3 rings (SSSR count). The number of hydrogen-bond acceptors (Lipinski definition) is 4. The molecule has 0 aliphatic rings. The van der Waals surface area contributed by atoms with E-state index in [9.17, 15) is 9.59 Å². The van der Waals surface area contributed by atoms with Crippen LogP contribution in [0, 0.1) is 0 Å². The fourth-order valence-corrected chi connectivity index (χ4v) is 3.30. The van der Waals surface area contributed by atoms with Gasteiger partial charge in [-0.3, -0.25) is 9.59 Å². The Kier molecular flexibility index (Phi) is 6.48. The maximum absolute atomic E-state index is 12.4. The average molecular weight is 400 g/mol. The number of carbonyl (C=O) groups excluding carboxylic acids is 2. The predicted molar refractivity (Wildman–Crippen MR) is 119 cm³/mol. The van der Waals surface area contributed by atoms with Gasteiger partial charge in [-0.2, -0.15) is 0 Å². The first-order chi connectivity index (χ1) is 14.4. The average Bonchev–Trinajstić information content (AvgIpc) is 2.75. The quantitative estimate of drug-likeness (QED) is 0.591. The SMILES string of the molecule is COc1ccc(C=c2c(C(C)=O)ccc(C(C)=O)c2=Cc2ccc(OC)cc2)cc1. The van der Waals surface area contributed by atoms with Gasteiger partial charge in [-0.25, -0.2) is 0 Å². The van der Waals surface area contributed by atoms with Gasteiger partial charge in [0.05, 0.1) is 14.2 Å². The minimum Gasteiger partial charge on any atom is -0.497 e. The molecule has 0 spiro atoms. The Morgan fingerprint density at radius 2 is 0.933 bits per heavy atom. The summed E-state index contributed by atoms with van der Waals surface area (Å²) in [5.41, 5.74) is 2.94. The molecule has 0 aliphatic carbocycles. The Hall–Kier alpha value is -3.66. The molecule has 3 aromatic carbocycles. The highest BCUT2D eigenvalue weighted by Crippen LogP contribution is 2.13. The van der Waals surface area contributed by atoms with Crippen molar-refractivity contribution in [1.82, 2.24) is 0 Å². The van der Waals surface area contributed by atoms with Crippen LogP contribution in [0.1, 0.15) is 45.7 Å². The van der Waals surface area contributed by atoms with Crippen molar-refractivity contribution in [2.24, 2.45) is 0 Å². The largest absolute Gasteiger partial charge is 0.497 e. The van der Waals surface area contributed by atoms with E-state index < -0.39 is 0 Å². The summed E-state index contributed by atoms with van der Waals surface area (Å²) >= 11 is 0. The van der Waals surface area contributed by atoms with E-state index in [1.807, 2.05) is 60.7 Å². The summed E-state index contributed by atoms with van der Waals surface area (Å²) in [6.45, 7) is 3.07. The van der Waals surface area contributed by atoms with Gasteiger partial charge in [-0.05, 0) is 71.8 Å². The van der Waals surface area contributed by atoms with Gasteiger partial charge in [0.25, 0.3) is 0 Å². The molecule has 0 aromatic heterocycles. The summed E-state index contributed by atoms with van der Waals surface area (Å²) in [7, 11) is 3.23. The van der Waals surface area contributed by atoms with Gasteiger partial charge in [0.1, 0.15) is 11.5 Å². The Balaban J connectivity index is 2.35. The van der Waals surface area contributed by atoms with Crippen LogP contribution in [0.3, 0.4) is 0 Å². The van der Waals surface area contributed by atoms with Crippen molar-refractivity contribution in [2.45, 2.75) is 13.8 Å². The van der Waals surface area contributed by atoms with Gasteiger partial charge in [-0.15, -0.1) is 0 Å². The van der Waals surface area contributed by atoms with Gasteiger partial charge in [0.2, 0.25) is 0 Å². The summed E-state index contributed by atoms with van der Waals surface area (Å²) < 4.78 is 10.4. The molecule has 0 saturated heterocycles. The van der Waals surface area contributed by atoms with Crippen LogP contribution >= 0.6 is 0 Å². The summed E-state index contributed by atoms with van der Waals surface area (Å²) in [6.07, 6.45) is 3.86. The van der Waals surface area contributed by atoms with Crippen LogP contribution in [0.4, 0.5) is 0 Å². The molecule has 0 saturated carbocycles. The highest BCUT2D eigenvalue weighted by atomic mass is 16.5. The summed E-state index contributed by atoms with van der Waals surface area (Å²) in [5, 5.41) is 1.44. The number of rotatable bonds is 6. The van der Waals surface area contributed by atoms with Gasteiger partial charge < -0.3 is 9.47 Å². The first-order valence-corrected chi connectivity index (χ1v) is 9.59. The maximum Gasteiger partial charge on any atom is 0.160 e. The Morgan fingerprint density at radius 3 is 1.20 bits per heavy atom. The van der Waals surface area contributed by atoms with Crippen molar-refractivity contribution in [1.29, 1.82) is 0 Å². The fourth-order valence-electron chi connectivity index (χ4n) is 3.30. The number of ketones is 2. The van der Waals surface area contributed by atoms with Crippen LogP contribution < -0.4 is 19.9 Å². The minimum absolute atomic E-state index is 0.0609. The number of ether oxygens (including phenoxy) is 2. The number of benzene rings is 3. The molecule has 0 bridgehead atoms. The molecule has 0 aliphatic heterocycles. The molecular weight excluding hydrogens is 376 g/mol. The van der Waals surface area contributed by atoms with Crippen LogP contribution in [0.5, 0.6) is 11.5 Å². The molecular formula is C26H24O4. The van der Waals surface area contributed by atoms with E-state index in [1.54, 1.807) is 26.4 Å². The standard InChI is InChI=1S/C26H24O4/c1-17(27)23-13-14-24(18(2)28)26(16-20-7-11-22(30-4)12-8-20)25(23)15-19-5-9-21(29-3)10-6-19/h5-16H,1-4H3.